The molecule has 0 fully saturated rings. The highest BCUT2D eigenvalue weighted by Gasteiger charge is 2.09. The molecule has 1 aromatic rings. The van der Waals surface area contributed by atoms with Crippen molar-refractivity contribution in [3.05, 3.63) is 23.7 Å². The van der Waals surface area contributed by atoms with Crippen LogP contribution in [0.2, 0.25) is 0 Å². The lowest BCUT2D eigenvalue weighted by molar-refractivity contribution is 0.120. The van der Waals surface area contributed by atoms with Crippen molar-refractivity contribution in [2.24, 2.45) is 0 Å². The average molecular weight is 192 g/mol. The molecule has 1 heterocycles. The van der Waals surface area contributed by atoms with Crippen molar-refractivity contribution in [3.8, 4) is 0 Å². The van der Waals surface area contributed by atoms with Gasteiger partial charge in [0.15, 0.2) is 5.76 Å². The molecule has 78 valence electrons. The molecule has 0 aliphatic rings. The summed E-state index contributed by atoms with van der Waals surface area (Å²) in [7, 11) is 0. The van der Waals surface area contributed by atoms with Crippen molar-refractivity contribution < 1.29 is 13.2 Å². The Bertz CT molecular complexity index is 195. The largest absolute Gasteiger partial charge is 0.460 e. The number of hydrogen-bond acceptors (Lipinski definition) is 1. The van der Waals surface area contributed by atoms with Gasteiger partial charge in [0, 0.05) is 0 Å². The number of aryl methyl sites for hydroxylation is 1. The minimum absolute atomic E-state index is 0.257. The van der Waals surface area contributed by atoms with Crippen LogP contribution in [0.5, 0.6) is 0 Å². The van der Waals surface area contributed by atoms with E-state index in [9.17, 15) is 8.78 Å². The lowest BCUT2D eigenvalue weighted by Gasteiger charge is -1.88. The molecule has 0 aromatic carbocycles. The summed E-state index contributed by atoms with van der Waals surface area (Å²) in [5.74, 6) is 0.262. The first-order valence-corrected chi connectivity index (χ1v) is 4.54. The molecule has 0 aliphatic heterocycles. The molecule has 0 bridgehead atoms. The molecule has 0 saturated carbocycles. The summed E-state index contributed by atoms with van der Waals surface area (Å²) >= 11 is 0. The van der Waals surface area contributed by atoms with Gasteiger partial charge in [-0.15, -0.1) is 0 Å². The lowest BCUT2D eigenvalue weighted by atomic mass is 10.4. The summed E-state index contributed by atoms with van der Waals surface area (Å²) in [5, 5.41) is 0. The van der Waals surface area contributed by atoms with Gasteiger partial charge in [0.2, 0.25) is 0 Å². The molecule has 3 heteroatoms. The maximum Gasteiger partial charge on any atom is 0.295 e. The van der Waals surface area contributed by atoms with Crippen molar-refractivity contribution in [2.45, 2.75) is 41.0 Å². The zero-order valence-electron chi connectivity index (χ0n) is 8.90. The van der Waals surface area contributed by atoms with Crippen LogP contribution < -0.4 is 0 Å². The van der Waals surface area contributed by atoms with E-state index >= 15 is 0 Å². The van der Waals surface area contributed by atoms with E-state index in [-0.39, 0.29) is 5.76 Å². The van der Waals surface area contributed by atoms with E-state index in [0.717, 1.165) is 0 Å². The van der Waals surface area contributed by atoms with Crippen molar-refractivity contribution in [3.63, 3.8) is 0 Å². The van der Waals surface area contributed by atoms with Crippen molar-refractivity contribution in [1.29, 1.82) is 0 Å². The van der Waals surface area contributed by atoms with Gasteiger partial charge in [-0.3, -0.25) is 0 Å². The third kappa shape index (κ3) is 6.31. The van der Waals surface area contributed by atoms with Gasteiger partial charge in [0.1, 0.15) is 5.76 Å². The van der Waals surface area contributed by atoms with Crippen LogP contribution in [0.3, 0.4) is 0 Å². The number of hydrogen-bond donors (Lipinski definition) is 0. The Morgan fingerprint density at radius 1 is 1.08 bits per heavy atom. The molecule has 0 saturated heterocycles. The number of alkyl halides is 2. The van der Waals surface area contributed by atoms with Gasteiger partial charge in [-0.05, 0) is 19.1 Å². The number of halogens is 2. The first kappa shape index (κ1) is 14.7. The van der Waals surface area contributed by atoms with Gasteiger partial charge in [-0.1, -0.05) is 27.7 Å². The molecule has 0 radical (unpaired) electrons. The molecule has 1 aromatic heterocycles. The fourth-order valence-electron chi connectivity index (χ4n) is 0.571. The third-order valence-corrected chi connectivity index (χ3v) is 0.976. The first-order valence-electron chi connectivity index (χ1n) is 4.54. The summed E-state index contributed by atoms with van der Waals surface area (Å²) in [6.07, 6.45) is -2.49. The number of rotatable bonds is 1. The van der Waals surface area contributed by atoms with Gasteiger partial charge in [-0.25, -0.2) is 8.78 Å². The number of furan rings is 1. The maximum absolute atomic E-state index is 11.7. The molecule has 1 rings (SSSR count). The molecule has 0 spiro atoms. The van der Waals surface area contributed by atoms with Crippen molar-refractivity contribution >= 4 is 0 Å². The monoisotopic (exact) mass is 192 g/mol. The molecular weight excluding hydrogens is 174 g/mol. The summed E-state index contributed by atoms with van der Waals surface area (Å²) in [5.41, 5.74) is 0. The Morgan fingerprint density at radius 3 is 1.69 bits per heavy atom. The highest BCUT2D eigenvalue weighted by atomic mass is 19.3. The summed E-state index contributed by atoms with van der Waals surface area (Å²) in [4.78, 5) is 0. The predicted molar refractivity (Wildman–Crippen MR) is 51.1 cm³/mol. The van der Waals surface area contributed by atoms with Gasteiger partial charge in [0.05, 0.1) is 0 Å². The van der Waals surface area contributed by atoms with Crippen LogP contribution in [0, 0.1) is 6.92 Å². The summed E-state index contributed by atoms with van der Waals surface area (Å²) in [6, 6.07) is 2.79. The molecular formula is C10H18F2O. The van der Waals surface area contributed by atoms with Crippen LogP contribution in [0.25, 0.3) is 0 Å². The molecule has 0 unspecified atom stereocenters. The Hall–Kier alpha value is -0.860. The van der Waals surface area contributed by atoms with Crippen molar-refractivity contribution in [2.75, 3.05) is 0 Å². The quantitative estimate of drug-likeness (QED) is 0.634. The van der Waals surface area contributed by atoms with Crippen LogP contribution in [-0.4, -0.2) is 0 Å². The van der Waals surface area contributed by atoms with Crippen LogP contribution in [-0.2, 0) is 0 Å². The van der Waals surface area contributed by atoms with E-state index in [1.165, 1.54) is 12.1 Å². The van der Waals surface area contributed by atoms with Crippen LogP contribution in [0.1, 0.15) is 45.6 Å². The van der Waals surface area contributed by atoms with E-state index in [1.807, 2.05) is 27.7 Å². The molecule has 0 amide bonds. The first-order chi connectivity index (χ1) is 6.20. The van der Waals surface area contributed by atoms with E-state index in [2.05, 4.69) is 4.42 Å². The summed E-state index contributed by atoms with van der Waals surface area (Å²) < 4.78 is 28.0. The lowest BCUT2D eigenvalue weighted by Crippen LogP contribution is -1.75. The SMILES string of the molecule is CC.CC.Cc1ccc(C(F)F)o1. The fraction of sp³-hybridized carbons (Fsp3) is 0.600. The normalized spacial score (nSPS) is 8.31. The maximum atomic E-state index is 11.7. The van der Waals surface area contributed by atoms with Crippen LogP contribution >= 0.6 is 0 Å². The Kier molecular flexibility index (Phi) is 10.4. The zero-order valence-corrected chi connectivity index (χ0v) is 8.90. The highest BCUT2D eigenvalue weighted by Crippen LogP contribution is 2.20. The van der Waals surface area contributed by atoms with Gasteiger partial charge < -0.3 is 4.42 Å². The topological polar surface area (TPSA) is 13.1 Å². The van der Waals surface area contributed by atoms with Gasteiger partial charge in [-0.2, -0.15) is 0 Å². The van der Waals surface area contributed by atoms with Crippen LogP contribution in [0.15, 0.2) is 16.5 Å². The molecule has 1 nitrogen and oxygen atoms in total. The third-order valence-electron chi connectivity index (χ3n) is 0.976. The second kappa shape index (κ2) is 9.23. The Labute approximate surface area is 78.8 Å². The van der Waals surface area contributed by atoms with E-state index in [4.69, 9.17) is 0 Å². The van der Waals surface area contributed by atoms with E-state index in [1.54, 1.807) is 6.92 Å². The Balaban J connectivity index is 0. The van der Waals surface area contributed by atoms with Gasteiger partial charge >= 0.3 is 0 Å². The minimum atomic E-state index is -2.49. The molecule has 13 heavy (non-hydrogen) atoms. The van der Waals surface area contributed by atoms with E-state index < -0.39 is 6.43 Å². The van der Waals surface area contributed by atoms with E-state index in [0.29, 0.717) is 5.76 Å². The Morgan fingerprint density at radius 2 is 1.54 bits per heavy atom. The summed E-state index contributed by atoms with van der Waals surface area (Å²) in [6.45, 7) is 9.63. The van der Waals surface area contributed by atoms with Crippen LogP contribution in [0.4, 0.5) is 8.78 Å². The average Bonchev–Trinajstić information content (AvgIpc) is 2.59. The zero-order chi connectivity index (χ0) is 10.9. The second-order valence-corrected chi connectivity index (χ2v) is 1.75. The predicted octanol–water partition coefficient (Wildman–Crippen LogP) is 4.58. The highest BCUT2D eigenvalue weighted by molar-refractivity contribution is 5.05. The molecule has 0 N–H and O–H groups in total. The van der Waals surface area contributed by atoms with Gasteiger partial charge in [0.25, 0.3) is 6.43 Å². The molecule has 0 atom stereocenters. The van der Waals surface area contributed by atoms with Crippen molar-refractivity contribution in [1.82, 2.24) is 0 Å². The minimum Gasteiger partial charge on any atom is -0.460 e. The second-order valence-electron chi connectivity index (χ2n) is 1.75. The molecule has 0 aliphatic carbocycles. The fourth-order valence-corrected chi connectivity index (χ4v) is 0.571. The smallest absolute Gasteiger partial charge is 0.295 e. The standard InChI is InChI=1S/C6H6F2O.2C2H6/c1-4-2-3-5(9-4)6(7)8;2*1-2/h2-3,6H,1H3;2*1-2H3.